The summed E-state index contributed by atoms with van der Waals surface area (Å²) in [6.07, 6.45) is -20.3. The summed E-state index contributed by atoms with van der Waals surface area (Å²) >= 11 is 0. The number of halogens is 13. The molecule has 7 N–H and O–H groups in total. The highest BCUT2D eigenvalue weighted by atomic mass is 19.4. The first kappa shape index (κ1) is 58.0. The summed E-state index contributed by atoms with van der Waals surface area (Å²) < 4.78 is 142. The summed E-state index contributed by atoms with van der Waals surface area (Å²) in [5.41, 5.74) is 5.25. The van der Waals surface area contributed by atoms with Gasteiger partial charge in [0.1, 0.15) is 5.82 Å². The van der Waals surface area contributed by atoms with Gasteiger partial charge in [-0.1, -0.05) is 36.4 Å². The van der Waals surface area contributed by atoms with Crippen LogP contribution in [0.15, 0.2) is 66.7 Å². The fourth-order valence-electron chi connectivity index (χ4n) is 5.38. The van der Waals surface area contributed by atoms with Crippen LogP contribution < -0.4 is 16.0 Å². The molecule has 368 valence electrons. The number of amides is 1. The highest BCUT2D eigenvalue weighted by Gasteiger charge is 2.40. The van der Waals surface area contributed by atoms with Gasteiger partial charge in [-0.15, -0.1) is 0 Å². The molecule has 1 amide bonds. The molecule has 0 unspecified atom stereocenters. The van der Waals surface area contributed by atoms with E-state index in [1.54, 1.807) is 6.07 Å². The van der Waals surface area contributed by atoms with Gasteiger partial charge in [0, 0.05) is 82.6 Å². The van der Waals surface area contributed by atoms with Gasteiger partial charge in [0.15, 0.2) is 0 Å². The zero-order valence-electron chi connectivity index (χ0n) is 34.1. The van der Waals surface area contributed by atoms with E-state index in [-0.39, 0.29) is 11.7 Å². The number of piperazine rings is 2. The fourth-order valence-corrected chi connectivity index (χ4v) is 5.38. The molecule has 0 aromatic heterocycles. The average molecular weight is 972 g/mol. The lowest BCUT2D eigenvalue weighted by atomic mass is 10.00. The molecule has 2 aliphatic rings. The second kappa shape index (κ2) is 26.2. The Morgan fingerprint density at radius 3 is 1.52 bits per heavy atom. The van der Waals surface area contributed by atoms with Gasteiger partial charge >= 0.3 is 48.6 Å². The molecule has 0 radical (unpaired) electrons. The molecule has 3 aromatic carbocycles. The summed E-state index contributed by atoms with van der Waals surface area (Å²) in [5, 5.41) is 38.4. The van der Waals surface area contributed by atoms with Gasteiger partial charge in [0.05, 0.1) is 0 Å². The Labute approximate surface area is 366 Å². The number of aliphatic carboxylic acids is 4. The molecule has 2 saturated heterocycles. The Bertz CT molecular complexity index is 1960. The number of carbonyl (C=O) groups is 5. The number of benzene rings is 3. The molecule has 14 nitrogen and oxygen atoms in total. The Kier molecular flexibility index (Phi) is 23.0. The third kappa shape index (κ3) is 23.2. The molecule has 2 aliphatic heterocycles. The van der Waals surface area contributed by atoms with Crippen molar-refractivity contribution < 1.29 is 101 Å². The van der Waals surface area contributed by atoms with E-state index in [0.29, 0.717) is 23.7 Å². The van der Waals surface area contributed by atoms with Crippen molar-refractivity contribution >= 4 is 29.8 Å². The molecule has 5 rings (SSSR count). The van der Waals surface area contributed by atoms with E-state index < -0.39 is 48.6 Å². The predicted octanol–water partition coefficient (Wildman–Crippen LogP) is 6.15. The van der Waals surface area contributed by atoms with Crippen molar-refractivity contribution in [2.45, 2.75) is 57.3 Å². The maximum absolute atomic E-state index is 14.9. The van der Waals surface area contributed by atoms with Crippen LogP contribution in [-0.4, -0.2) is 137 Å². The minimum Gasteiger partial charge on any atom is -0.475 e. The van der Waals surface area contributed by atoms with E-state index in [2.05, 4.69) is 50.9 Å². The Balaban J connectivity index is 0.000000629. The molecular weight excluding hydrogens is 929 g/mol. The molecule has 0 spiro atoms. The third-order valence-corrected chi connectivity index (χ3v) is 8.36. The second-order valence-corrected chi connectivity index (χ2v) is 13.7. The zero-order chi connectivity index (χ0) is 50.6. The molecule has 66 heavy (non-hydrogen) atoms. The number of carboxylic acid groups (broad SMARTS) is 4. The van der Waals surface area contributed by atoms with Crippen LogP contribution in [0.1, 0.15) is 34.0 Å². The first-order valence-corrected chi connectivity index (χ1v) is 18.6. The largest absolute Gasteiger partial charge is 0.490 e. The summed E-state index contributed by atoms with van der Waals surface area (Å²) in [5.74, 6) is -11.4. The molecule has 0 saturated carbocycles. The highest BCUT2D eigenvalue weighted by molar-refractivity contribution is 5.94. The lowest BCUT2D eigenvalue weighted by molar-refractivity contribution is -0.193. The number of nitrogens with zero attached hydrogens (tertiary/aromatic N) is 2. The second-order valence-electron chi connectivity index (χ2n) is 13.7. The van der Waals surface area contributed by atoms with Crippen molar-refractivity contribution in [2.75, 3.05) is 45.8 Å². The molecule has 3 aromatic rings. The van der Waals surface area contributed by atoms with Gasteiger partial charge in [0.25, 0.3) is 5.91 Å². The first-order valence-electron chi connectivity index (χ1n) is 18.6. The number of carboxylic acids is 4. The van der Waals surface area contributed by atoms with Crippen molar-refractivity contribution in [3.63, 3.8) is 0 Å². The van der Waals surface area contributed by atoms with Crippen LogP contribution in [0.5, 0.6) is 0 Å². The van der Waals surface area contributed by atoms with Crippen LogP contribution in [-0.2, 0) is 38.8 Å². The minimum atomic E-state index is -5.08. The van der Waals surface area contributed by atoms with Gasteiger partial charge < -0.3 is 36.4 Å². The predicted molar refractivity (Wildman–Crippen MR) is 205 cm³/mol. The van der Waals surface area contributed by atoms with E-state index in [4.69, 9.17) is 39.6 Å². The van der Waals surface area contributed by atoms with Crippen LogP contribution in [0.2, 0.25) is 0 Å². The average Bonchev–Trinajstić information content (AvgIpc) is 3.20. The number of rotatable bonds is 8. The van der Waals surface area contributed by atoms with Crippen LogP contribution in [0.3, 0.4) is 0 Å². The molecule has 27 heteroatoms. The van der Waals surface area contributed by atoms with Crippen LogP contribution in [0.4, 0.5) is 57.1 Å². The maximum Gasteiger partial charge on any atom is 0.490 e. The topological polar surface area (TPSA) is 209 Å². The van der Waals surface area contributed by atoms with Crippen molar-refractivity contribution in [3.8, 4) is 11.1 Å². The van der Waals surface area contributed by atoms with Gasteiger partial charge in [0.2, 0.25) is 0 Å². The number of hydrogen-bond acceptors (Lipinski definition) is 9. The van der Waals surface area contributed by atoms with Crippen molar-refractivity contribution in [2.24, 2.45) is 0 Å². The van der Waals surface area contributed by atoms with Crippen molar-refractivity contribution in [1.29, 1.82) is 0 Å². The number of carbonyl (C=O) groups excluding carboxylic acids is 1. The normalized spacial score (nSPS) is 15.6. The quantitative estimate of drug-likeness (QED) is 0.127. The molecule has 2 fully saturated rings. The lowest BCUT2D eigenvalue weighted by Gasteiger charge is -2.31. The highest BCUT2D eigenvalue weighted by Crippen LogP contribution is 2.26. The monoisotopic (exact) mass is 971 g/mol. The summed E-state index contributed by atoms with van der Waals surface area (Å²) in [6, 6.07) is 21.5. The number of alkyl halides is 12. The summed E-state index contributed by atoms with van der Waals surface area (Å²) in [7, 11) is 0. The van der Waals surface area contributed by atoms with Crippen molar-refractivity contribution in [3.05, 3.63) is 94.8 Å². The van der Waals surface area contributed by atoms with Crippen LogP contribution in [0.25, 0.3) is 11.1 Å². The van der Waals surface area contributed by atoms with Gasteiger partial charge in [-0.3, -0.25) is 14.6 Å². The van der Waals surface area contributed by atoms with Crippen LogP contribution >= 0.6 is 0 Å². The van der Waals surface area contributed by atoms with Crippen molar-refractivity contribution in [1.82, 2.24) is 25.8 Å². The minimum absolute atomic E-state index is 0.120. The smallest absolute Gasteiger partial charge is 0.475 e. The standard InChI is InChI=1S/C31H38FN5O.4C2HF3O2/c1-23-20-37(15-12-34-23)22-25-4-2-6-27(16-25)29-18-24(8-9-30(29)32)19-35-31(38)28-7-3-5-26(17-28)21-36-13-10-33-11-14-36;4*3-2(4,5)1(6)7/h2-9,16-18,23,33-34H,10-15,19-22H2,1H3,(H,35,38);4*(H,6,7)/t23-;;;;/m0..../s1. The zero-order valence-corrected chi connectivity index (χ0v) is 34.1. The first-order chi connectivity index (χ1) is 30.3. The Hall–Kier alpha value is -6.06. The SMILES string of the molecule is C[C@H]1CN(Cc2cccc(-c3cc(CNC(=O)c4cccc(CN5CCNCC5)c4)ccc3F)c2)CCN1.O=C(O)C(F)(F)F.O=C(O)C(F)(F)F.O=C(O)C(F)(F)F.O=C(O)C(F)(F)F. The van der Waals surface area contributed by atoms with Crippen LogP contribution in [0, 0.1) is 5.82 Å². The number of nitrogens with one attached hydrogen (secondary N) is 3. The molecule has 0 bridgehead atoms. The van der Waals surface area contributed by atoms with E-state index in [1.807, 2.05) is 36.4 Å². The Morgan fingerprint density at radius 2 is 1.05 bits per heavy atom. The summed E-state index contributed by atoms with van der Waals surface area (Å²) in [6.45, 7) is 11.3. The van der Waals surface area contributed by atoms with Gasteiger partial charge in [-0.25, -0.2) is 23.6 Å². The summed E-state index contributed by atoms with van der Waals surface area (Å²) in [4.78, 5) is 53.3. The maximum atomic E-state index is 14.9. The molecule has 0 aliphatic carbocycles. The van der Waals surface area contributed by atoms with Gasteiger partial charge in [-0.05, 0) is 59.5 Å². The van der Waals surface area contributed by atoms with E-state index in [0.717, 1.165) is 75.6 Å². The van der Waals surface area contributed by atoms with E-state index in [1.165, 1.54) is 11.6 Å². The fraction of sp³-hybridized carbons (Fsp3) is 0.410. The van der Waals surface area contributed by atoms with E-state index in [9.17, 15) is 61.9 Å². The Morgan fingerprint density at radius 1 is 0.606 bits per heavy atom. The molecule has 2 heterocycles. The van der Waals surface area contributed by atoms with Gasteiger partial charge in [-0.2, -0.15) is 52.7 Å². The lowest BCUT2D eigenvalue weighted by Crippen LogP contribution is -2.48. The number of hydrogen-bond donors (Lipinski definition) is 7. The third-order valence-electron chi connectivity index (χ3n) is 8.36. The van der Waals surface area contributed by atoms with E-state index >= 15 is 0 Å². The molecule has 1 atom stereocenters. The molecular formula is C39H42F13N5O9.